The zero-order chi connectivity index (χ0) is 24.4. The van der Waals surface area contributed by atoms with Crippen LogP contribution in [0.25, 0.3) is 5.76 Å². The Kier molecular flexibility index (Phi) is 6.05. The van der Waals surface area contributed by atoms with Gasteiger partial charge in [0.05, 0.1) is 43.6 Å². The lowest BCUT2D eigenvalue weighted by molar-refractivity contribution is -0.384. The number of aliphatic hydroxyl groups excluding tert-OH is 1. The fourth-order valence-corrected chi connectivity index (χ4v) is 3.88. The topological polar surface area (TPSA) is 132 Å². The molecular formula is C24H20N2O8. The van der Waals surface area contributed by atoms with Gasteiger partial charge in [0.25, 0.3) is 17.4 Å². The predicted molar refractivity (Wildman–Crippen MR) is 119 cm³/mol. The fourth-order valence-electron chi connectivity index (χ4n) is 3.88. The van der Waals surface area contributed by atoms with Crippen LogP contribution in [0, 0.1) is 10.1 Å². The summed E-state index contributed by atoms with van der Waals surface area (Å²) in [5.74, 6) is -0.957. The minimum atomic E-state index is -1.00. The molecule has 2 heterocycles. The molecule has 174 valence electrons. The molecule has 1 N–H and O–H groups in total. The largest absolute Gasteiger partial charge is 0.507 e. The van der Waals surface area contributed by atoms with E-state index in [9.17, 15) is 24.8 Å². The number of hydrogen-bond donors (Lipinski definition) is 1. The number of rotatable bonds is 7. The second-order valence-electron chi connectivity index (χ2n) is 7.42. The fraction of sp³-hybridized carbons (Fsp3) is 0.167. The van der Waals surface area contributed by atoms with E-state index in [1.165, 1.54) is 61.8 Å². The number of ketones is 1. The van der Waals surface area contributed by atoms with Crippen molar-refractivity contribution in [2.24, 2.45) is 0 Å². The molecule has 1 aromatic heterocycles. The zero-order valence-electron chi connectivity index (χ0n) is 18.3. The van der Waals surface area contributed by atoms with Crippen LogP contribution in [0.1, 0.15) is 22.9 Å². The number of non-ortho nitro benzene ring substituents is 1. The molecule has 1 amide bonds. The molecule has 0 saturated carbocycles. The summed E-state index contributed by atoms with van der Waals surface area (Å²) in [5.41, 5.74) is 0.350. The summed E-state index contributed by atoms with van der Waals surface area (Å²) in [5, 5.41) is 22.2. The van der Waals surface area contributed by atoms with Crippen LogP contribution in [0.2, 0.25) is 0 Å². The smallest absolute Gasteiger partial charge is 0.296 e. The Balaban J connectivity index is 1.87. The number of benzene rings is 2. The van der Waals surface area contributed by atoms with Crippen molar-refractivity contribution in [3.05, 3.63) is 93.4 Å². The Labute approximate surface area is 193 Å². The molecule has 3 aromatic rings. The summed E-state index contributed by atoms with van der Waals surface area (Å²) in [6, 6.07) is 12.3. The first-order chi connectivity index (χ1) is 16.3. The van der Waals surface area contributed by atoms with Crippen LogP contribution in [-0.4, -0.2) is 40.8 Å². The minimum Gasteiger partial charge on any atom is -0.507 e. The minimum absolute atomic E-state index is 0.0397. The van der Waals surface area contributed by atoms with E-state index in [0.717, 1.165) is 0 Å². The lowest BCUT2D eigenvalue weighted by atomic mass is 9.95. The molecule has 1 unspecified atom stereocenters. The Hall–Kier alpha value is -4.60. The van der Waals surface area contributed by atoms with Gasteiger partial charge in [-0.15, -0.1) is 0 Å². The SMILES string of the molecule is COc1ccc(/C(O)=C2/C(=O)C(=O)N(Cc3ccco3)C2c2ccc([N+](=O)[O-])cc2)cc1OC. The number of aliphatic hydroxyl groups is 1. The van der Waals surface area contributed by atoms with Crippen LogP contribution >= 0.6 is 0 Å². The number of methoxy groups -OCH3 is 2. The number of hydrogen-bond acceptors (Lipinski definition) is 8. The van der Waals surface area contributed by atoms with Crippen molar-refractivity contribution in [1.29, 1.82) is 0 Å². The predicted octanol–water partition coefficient (Wildman–Crippen LogP) is 3.83. The van der Waals surface area contributed by atoms with Crippen molar-refractivity contribution in [2.45, 2.75) is 12.6 Å². The molecular weight excluding hydrogens is 444 g/mol. The van der Waals surface area contributed by atoms with Crippen LogP contribution in [0.4, 0.5) is 5.69 Å². The van der Waals surface area contributed by atoms with Crippen molar-refractivity contribution in [3.63, 3.8) is 0 Å². The number of likely N-dealkylation sites (tertiary alicyclic amines) is 1. The first kappa shape index (κ1) is 22.6. The van der Waals surface area contributed by atoms with E-state index in [-0.39, 0.29) is 23.4 Å². The molecule has 1 saturated heterocycles. The van der Waals surface area contributed by atoms with Crippen molar-refractivity contribution >= 4 is 23.1 Å². The molecule has 1 aliphatic rings. The van der Waals surface area contributed by atoms with Crippen molar-refractivity contribution in [3.8, 4) is 11.5 Å². The van der Waals surface area contributed by atoms with Crippen molar-refractivity contribution < 1.29 is 33.5 Å². The molecule has 4 rings (SSSR count). The van der Waals surface area contributed by atoms with E-state index in [4.69, 9.17) is 13.9 Å². The Bertz CT molecular complexity index is 1280. The molecule has 1 fully saturated rings. The molecule has 0 bridgehead atoms. The van der Waals surface area contributed by atoms with E-state index in [1.807, 2.05) is 0 Å². The van der Waals surface area contributed by atoms with Crippen molar-refractivity contribution in [1.82, 2.24) is 4.90 Å². The van der Waals surface area contributed by atoms with E-state index in [1.54, 1.807) is 18.2 Å². The van der Waals surface area contributed by atoms with Gasteiger partial charge in [-0.2, -0.15) is 0 Å². The Morgan fingerprint density at radius 2 is 1.79 bits per heavy atom. The van der Waals surface area contributed by atoms with E-state index >= 15 is 0 Å². The second kappa shape index (κ2) is 9.10. The lowest BCUT2D eigenvalue weighted by Crippen LogP contribution is -2.29. The molecule has 0 aliphatic carbocycles. The summed E-state index contributed by atoms with van der Waals surface area (Å²) in [7, 11) is 2.90. The van der Waals surface area contributed by atoms with Crippen LogP contribution in [-0.2, 0) is 16.1 Å². The van der Waals surface area contributed by atoms with Crippen LogP contribution in [0.5, 0.6) is 11.5 Å². The highest BCUT2D eigenvalue weighted by Gasteiger charge is 2.46. The second-order valence-corrected chi connectivity index (χ2v) is 7.42. The molecule has 0 radical (unpaired) electrons. The van der Waals surface area contributed by atoms with Gasteiger partial charge >= 0.3 is 0 Å². The van der Waals surface area contributed by atoms with E-state index < -0.39 is 28.4 Å². The van der Waals surface area contributed by atoms with Crippen LogP contribution < -0.4 is 9.47 Å². The zero-order valence-corrected chi connectivity index (χ0v) is 18.3. The molecule has 1 atom stereocenters. The van der Waals surface area contributed by atoms with Gasteiger partial charge in [0.15, 0.2) is 11.5 Å². The molecule has 2 aromatic carbocycles. The summed E-state index contributed by atoms with van der Waals surface area (Å²) < 4.78 is 15.8. The van der Waals surface area contributed by atoms with E-state index in [2.05, 4.69) is 0 Å². The molecule has 1 aliphatic heterocycles. The number of nitrogens with zero attached hydrogens (tertiary/aromatic N) is 2. The number of nitro groups is 1. The molecule has 34 heavy (non-hydrogen) atoms. The number of ether oxygens (including phenoxy) is 2. The molecule has 10 nitrogen and oxygen atoms in total. The third kappa shape index (κ3) is 3.96. The summed E-state index contributed by atoms with van der Waals surface area (Å²) in [4.78, 5) is 37.9. The van der Waals surface area contributed by atoms with Gasteiger partial charge in [-0.3, -0.25) is 19.7 Å². The Morgan fingerprint density at radius 1 is 1.09 bits per heavy atom. The maximum absolute atomic E-state index is 13.1. The lowest BCUT2D eigenvalue weighted by Gasteiger charge is -2.24. The average Bonchev–Trinajstić information content (AvgIpc) is 3.45. The highest BCUT2D eigenvalue weighted by atomic mass is 16.6. The maximum Gasteiger partial charge on any atom is 0.296 e. The number of nitro benzene ring substituents is 1. The van der Waals surface area contributed by atoms with Crippen LogP contribution in [0.3, 0.4) is 0 Å². The van der Waals surface area contributed by atoms with Crippen LogP contribution in [0.15, 0.2) is 70.9 Å². The summed E-state index contributed by atoms with van der Waals surface area (Å²) in [6.07, 6.45) is 1.44. The standard InChI is InChI=1S/C24H20N2O8/c1-32-18-10-7-15(12-19(18)33-2)22(27)20-21(14-5-8-16(9-6-14)26(30)31)25(24(29)23(20)28)13-17-4-3-11-34-17/h3-12,21,27H,13H2,1-2H3/b22-20-. The molecule has 10 heteroatoms. The number of amides is 1. The van der Waals surface area contributed by atoms with Gasteiger partial charge in [-0.05, 0) is 48.0 Å². The highest BCUT2D eigenvalue weighted by molar-refractivity contribution is 6.46. The summed E-state index contributed by atoms with van der Waals surface area (Å²) >= 11 is 0. The maximum atomic E-state index is 13.1. The third-order valence-electron chi connectivity index (χ3n) is 5.52. The first-order valence-electron chi connectivity index (χ1n) is 10.1. The third-order valence-corrected chi connectivity index (χ3v) is 5.52. The van der Waals surface area contributed by atoms with Gasteiger partial charge in [0, 0.05) is 17.7 Å². The first-order valence-corrected chi connectivity index (χ1v) is 10.1. The van der Waals surface area contributed by atoms with Gasteiger partial charge in [-0.25, -0.2) is 0 Å². The molecule has 0 spiro atoms. The number of furan rings is 1. The van der Waals surface area contributed by atoms with Crippen molar-refractivity contribution in [2.75, 3.05) is 14.2 Å². The highest BCUT2D eigenvalue weighted by Crippen LogP contribution is 2.41. The number of carbonyl (C=O) groups excluding carboxylic acids is 2. The monoisotopic (exact) mass is 464 g/mol. The van der Waals surface area contributed by atoms with Gasteiger partial charge in [0.2, 0.25) is 0 Å². The van der Waals surface area contributed by atoms with Gasteiger partial charge in [-0.1, -0.05) is 0 Å². The average molecular weight is 464 g/mol. The Morgan fingerprint density at radius 3 is 2.38 bits per heavy atom. The van der Waals surface area contributed by atoms with E-state index in [0.29, 0.717) is 22.8 Å². The number of Topliss-reactive ketones (excluding diaryl/α,β-unsaturated/α-hetero) is 1. The van der Waals surface area contributed by atoms with Gasteiger partial charge in [0.1, 0.15) is 11.5 Å². The summed E-state index contributed by atoms with van der Waals surface area (Å²) in [6.45, 7) is -0.0397. The van der Waals surface area contributed by atoms with Gasteiger partial charge < -0.3 is 23.9 Å². The quantitative estimate of drug-likeness (QED) is 0.183. The number of carbonyl (C=O) groups is 2. The normalized spacial score (nSPS) is 17.1.